The van der Waals surface area contributed by atoms with Gasteiger partial charge in [0.2, 0.25) is 0 Å². The molecule has 0 heterocycles. The van der Waals surface area contributed by atoms with Gasteiger partial charge < -0.3 is 5.32 Å². The minimum atomic E-state index is -4.11. The highest BCUT2D eigenvalue weighted by Gasteiger charge is 2.32. The molecular weight excluding hydrogens is 241 g/mol. The van der Waals surface area contributed by atoms with Gasteiger partial charge in [0.1, 0.15) is 0 Å². The van der Waals surface area contributed by atoms with E-state index in [0.717, 1.165) is 13.0 Å². The summed E-state index contributed by atoms with van der Waals surface area (Å²) < 4.78 is 37.4. The van der Waals surface area contributed by atoms with Crippen molar-refractivity contribution in [1.82, 2.24) is 10.2 Å². The summed E-state index contributed by atoms with van der Waals surface area (Å²) in [6.45, 7) is 10.8. The van der Waals surface area contributed by atoms with E-state index in [1.54, 1.807) is 0 Å². The van der Waals surface area contributed by atoms with Gasteiger partial charge in [0.05, 0.1) is 6.54 Å². The highest BCUT2D eigenvalue weighted by Crippen LogP contribution is 2.21. The molecule has 1 N–H and O–H groups in total. The van der Waals surface area contributed by atoms with Crippen LogP contribution in [0.5, 0.6) is 0 Å². The SMILES string of the molecule is CCCN(CC(F)(F)F)CC(C)(C)CNC(C)C. The second-order valence-corrected chi connectivity index (χ2v) is 6.03. The number of rotatable bonds is 8. The molecule has 0 radical (unpaired) electrons. The largest absolute Gasteiger partial charge is 0.401 e. The number of nitrogens with zero attached hydrogens (tertiary/aromatic N) is 1. The van der Waals surface area contributed by atoms with Crippen LogP contribution in [-0.4, -0.2) is 43.3 Å². The van der Waals surface area contributed by atoms with Crippen molar-refractivity contribution in [1.29, 1.82) is 0 Å². The van der Waals surface area contributed by atoms with Crippen LogP contribution in [0.15, 0.2) is 0 Å². The van der Waals surface area contributed by atoms with Crippen LogP contribution in [0.3, 0.4) is 0 Å². The summed E-state index contributed by atoms with van der Waals surface area (Å²) >= 11 is 0. The van der Waals surface area contributed by atoms with Gasteiger partial charge in [-0.05, 0) is 18.4 Å². The molecule has 0 unspecified atom stereocenters. The standard InChI is InChI=1S/C13H27F3N2/c1-6-7-18(10-13(14,15)16)9-12(4,5)8-17-11(2)3/h11,17H,6-10H2,1-5H3. The van der Waals surface area contributed by atoms with Gasteiger partial charge in [-0.1, -0.05) is 34.6 Å². The lowest BCUT2D eigenvalue weighted by Crippen LogP contribution is -2.45. The highest BCUT2D eigenvalue weighted by atomic mass is 19.4. The first-order chi connectivity index (χ1) is 8.06. The summed E-state index contributed by atoms with van der Waals surface area (Å²) in [5.41, 5.74) is -0.162. The van der Waals surface area contributed by atoms with E-state index >= 15 is 0 Å². The lowest BCUT2D eigenvalue weighted by molar-refractivity contribution is -0.148. The third-order valence-corrected chi connectivity index (χ3v) is 2.58. The van der Waals surface area contributed by atoms with Crippen LogP contribution in [-0.2, 0) is 0 Å². The zero-order chi connectivity index (χ0) is 14.4. The zero-order valence-corrected chi connectivity index (χ0v) is 12.2. The smallest absolute Gasteiger partial charge is 0.314 e. The third-order valence-electron chi connectivity index (χ3n) is 2.58. The predicted octanol–water partition coefficient (Wildman–Crippen LogP) is 3.28. The van der Waals surface area contributed by atoms with Crippen molar-refractivity contribution in [2.24, 2.45) is 5.41 Å². The van der Waals surface area contributed by atoms with Crippen LogP contribution in [0.4, 0.5) is 13.2 Å². The molecule has 0 aliphatic heterocycles. The van der Waals surface area contributed by atoms with Gasteiger partial charge in [-0.15, -0.1) is 0 Å². The van der Waals surface area contributed by atoms with E-state index in [1.807, 2.05) is 34.6 Å². The summed E-state index contributed by atoms with van der Waals surface area (Å²) in [5.74, 6) is 0. The molecule has 2 nitrogen and oxygen atoms in total. The Labute approximate surface area is 109 Å². The van der Waals surface area contributed by atoms with E-state index in [2.05, 4.69) is 5.32 Å². The lowest BCUT2D eigenvalue weighted by Gasteiger charge is -2.33. The number of hydrogen-bond donors (Lipinski definition) is 1. The predicted molar refractivity (Wildman–Crippen MR) is 69.7 cm³/mol. The molecule has 18 heavy (non-hydrogen) atoms. The van der Waals surface area contributed by atoms with Crippen molar-refractivity contribution in [3.63, 3.8) is 0 Å². The Morgan fingerprint density at radius 1 is 1.11 bits per heavy atom. The monoisotopic (exact) mass is 268 g/mol. The molecule has 0 fully saturated rings. The number of nitrogens with one attached hydrogen (secondary N) is 1. The van der Waals surface area contributed by atoms with Crippen molar-refractivity contribution in [2.75, 3.05) is 26.2 Å². The molecule has 0 bridgehead atoms. The Kier molecular flexibility index (Phi) is 7.22. The van der Waals surface area contributed by atoms with Crippen molar-refractivity contribution in [3.8, 4) is 0 Å². The van der Waals surface area contributed by atoms with E-state index in [-0.39, 0.29) is 5.41 Å². The van der Waals surface area contributed by atoms with Gasteiger partial charge in [-0.25, -0.2) is 0 Å². The van der Waals surface area contributed by atoms with Gasteiger partial charge in [0.15, 0.2) is 0 Å². The van der Waals surface area contributed by atoms with E-state index in [4.69, 9.17) is 0 Å². The van der Waals surface area contributed by atoms with Gasteiger partial charge >= 0.3 is 6.18 Å². The molecule has 0 amide bonds. The van der Waals surface area contributed by atoms with Gasteiger partial charge in [-0.2, -0.15) is 13.2 Å². The first-order valence-electron chi connectivity index (χ1n) is 6.58. The summed E-state index contributed by atoms with van der Waals surface area (Å²) in [6.07, 6.45) is -3.37. The van der Waals surface area contributed by atoms with Crippen molar-refractivity contribution in [2.45, 2.75) is 53.3 Å². The van der Waals surface area contributed by atoms with Crippen LogP contribution in [0.2, 0.25) is 0 Å². The molecule has 0 aliphatic rings. The molecule has 5 heteroatoms. The first kappa shape index (κ1) is 17.7. The molecule has 0 aromatic heterocycles. The summed E-state index contributed by atoms with van der Waals surface area (Å²) in [6, 6.07) is 0.353. The molecule has 110 valence electrons. The molecule has 0 atom stereocenters. The topological polar surface area (TPSA) is 15.3 Å². The maximum Gasteiger partial charge on any atom is 0.401 e. The van der Waals surface area contributed by atoms with E-state index in [1.165, 1.54) is 4.90 Å². The Morgan fingerprint density at radius 3 is 2.06 bits per heavy atom. The van der Waals surface area contributed by atoms with Crippen molar-refractivity contribution < 1.29 is 13.2 Å². The third kappa shape index (κ3) is 9.71. The molecular formula is C13H27F3N2. The average molecular weight is 268 g/mol. The second-order valence-electron chi connectivity index (χ2n) is 6.03. The Balaban J connectivity index is 4.36. The fourth-order valence-electron chi connectivity index (χ4n) is 1.93. The van der Waals surface area contributed by atoms with Crippen LogP contribution in [0, 0.1) is 5.41 Å². The van der Waals surface area contributed by atoms with E-state index in [0.29, 0.717) is 19.1 Å². The summed E-state index contributed by atoms with van der Waals surface area (Å²) in [5, 5.41) is 3.29. The fraction of sp³-hybridized carbons (Fsp3) is 1.00. The maximum absolute atomic E-state index is 12.5. The number of halogens is 3. The van der Waals surface area contributed by atoms with Crippen LogP contribution in [0.1, 0.15) is 41.0 Å². The van der Waals surface area contributed by atoms with Crippen LogP contribution >= 0.6 is 0 Å². The summed E-state index contributed by atoms with van der Waals surface area (Å²) in [7, 11) is 0. The molecule has 0 saturated carbocycles. The maximum atomic E-state index is 12.5. The Morgan fingerprint density at radius 2 is 1.67 bits per heavy atom. The van der Waals surface area contributed by atoms with E-state index < -0.39 is 12.7 Å². The van der Waals surface area contributed by atoms with Gasteiger partial charge in [0.25, 0.3) is 0 Å². The van der Waals surface area contributed by atoms with Crippen molar-refractivity contribution >= 4 is 0 Å². The highest BCUT2D eigenvalue weighted by molar-refractivity contribution is 4.78. The molecule has 0 aromatic rings. The Bertz CT molecular complexity index is 225. The summed E-state index contributed by atoms with van der Waals surface area (Å²) in [4.78, 5) is 1.50. The fourth-order valence-corrected chi connectivity index (χ4v) is 1.93. The molecule has 0 spiro atoms. The van der Waals surface area contributed by atoms with Crippen LogP contribution < -0.4 is 5.32 Å². The van der Waals surface area contributed by atoms with Crippen LogP contribution in [0.25, 0.3) is 0 Å². The quantitative estimate of drug-likeness (QED) is 0.726. The molecule has 0 rings (SSSR count). The van der Waals surface area contributed by atoms with Crippen molar-refractivity contribution in [3.05, 3.63) is 0 Å². The minimum Gasteiger partial charge on any atom is -0.314 e. The molecule has 0 saturated heterocycles. The first-order valence-corrected chi connectivity index (χ1v) is 6.58. The van der Waals surface area contributed by atoms with Gasteiger partial charge in [0, 0.05) is 19.1 Å². The molecule has 0 aliphatic carbocycles. The normalized spacial score (nSPS) is 13.7. The molecule has 0 aromatic carbocycles. The number of alkyl halides is 3. The zero-order valence-electron chi connectivity index (χ0n) is 12.2. The average Bonchev–Trinajstić information content (AvgIpc) is 2.12. The van der Waals surface area contributed by atoms with Gasteiger partial charge in [-0.3, -0.25) is 4.90 Å². The van der Waals surface area contributed by atoms with E-state index in [9.17, 15) is 13.2 Å². The lowest BCUT2D eigenvalue weighted by atomic mass is 9.92. The second kappa shape index (κ2) is 7.34. The number of hydrogen-bond acceptors (Lipinski definition) is 2. The Hall–Kier alpha value is -0.290. The minimum absolute atomic E-state index is 0.162.